The van der Waals surface area contributed by atoms with Crippen LogP contribution in [0, 0.1) is 5.92 Å². The van der Waals surface area contributed by atoms with E-state index < -0.39 is 0 Å². The summed E-state index contributed by atoms with van der Waals surface area (Å²) in [6, 6.07) is 0. The van der Waals surface area contributed by atoms with Gasteiger partial charge in [0.1, 0.15) is 0 Å². The number of esters is 1. The minimum atomic E-state index is -0.367. The summed E-state index contributed by atoms with van der Waals surface area (Å²) in [5.74, 6) is -0.0591. The van der Waals surface area contributed by atoms with Crippen molar-refractivity contribution < 1.29 is 9.53 Å². The molecule has 2 nitrogen and oxygen atoms in total. The third-order valence-electron chi connectivity index (χ3n) is 1.70. The molecule has 0 aliphatic carbocycles. The van der Waals surface area contributed by atoms with Crippen LogP contribution < -0.4 is 0 Å². The Balaban J connectivity index is 3.44. The molecule has 13 heavy (non-hydrogen) atoms. The van der Waals surface area contributed by atoms with Gasteiger partial charge in [0.15, 0.2) is 0 Å². The first-order valence-electron chi connectivity index (χ1n) is 4.29. The molecule has 0 unspecified atom stereocenters. The molecule has 0 aliphatic heterocycles. The van der Waals surface area contributed by atoms with Crippen molar-refractivity contribution in [3.05, 3.63) is 38.0 Å². The molecule has 0 N–H and O–H groups in total. The zero-order valence-electron chi connectivity index (χ0n) is 7.87. The molecule has 0 heterocycles. The highest BCUT2D eigenvalue weighted by Crippen LogP contribution is 2.08. The number of rotatable bonds is 7. The first-order chi connectivity index (χ1) is 6.24. The van der Waals surface area contributed by atoms with E-state index in [0.29, 0.717) is 12.5 Å². The maximum atomic E-state index is 10.6. The van der Waals surface area contributed by atoms with E-state index >= 15 is 0 Å². The Morgan fingerprint density at radius 2 is 1.92 bits per heavy atom. The lowest BCUT2D eigenvalue weighted by atomic mass is 10.0. The van der Waals surface area contributed by atoms with E-state index in [9.17, 15) is 4.79 Å². The summed E-state index contributed by atoms with van der Waals surface area (Å²) in [7, 11) is 0. The molecule has 0 fully saturated rings. The average molecular weight is 180 g/mol. The fraction of sp³-hybridized carbons (Fsp3) is 0.364. The van der Waals surface area contributed by atoms with Gasteiger partial charge in [-0.25, -0.2) is 4.79 Å². The number of ether oxygens (including phenoxy) is 1. The Labute approximate surface area is 79.6 Å². The normalized spacial score (nSPS) is 9.31. The molecular formula is C11H16O2. The van der Waals surface area contributed by atoms with E-state index in [-0.39, 0.29) is 5.97 Å². The molecule has 0 atom stereocenters. The molecule has 0 saturated heterocycles. The van der Waals surface area contributed by atoms with Crippen molar-refractivity contribution in [2.75, 3.05) is 6.61 Å². The maximum absolute atomic E-state index is 10.6. The monoisotopic (exact) mass is 180 g/mol. The van der Waals surface area contributed by atoms with Crippen LogP contribution in [0.3, 0.4) is 0 Å². The maximum Gasteiger partial charge on any atom is 0.330 e. The Morgan fingerprint density at radius 1 is 1.31 bits per heavy atom. The van der Waals surface area contributed by atoms with Crippen molar-refractivity contribution in [1.82, 2.24) is 0 Å². The minimum Gasteiger partial charge on any atom is -0.463 e. The molecule has 72 valence electrons. The van der Waals surface area contributed by atoms with Gasteiger partial charge in [-0.3, -0.25) is 0 Å². The third-order valence-corrected chi connectivity index (χ3v) is 1.70. The quantitative estimate of drug-likeness (QED) is 0.260. The van der Waals surface area contributed by atoms with Crippen LogP contribution in [-0.2, 0) is 9.53 Å². The van der Waals surface area contributed by atoms with Gasteiger partial charge in [0.25, 0.3) is 0 Å². The predicted molar refractivity (Wildman–Crippen MR) is 54.3 cm³/mol. The molecule has 0 aromatic carbocycles. The van der Waals surface area contributed by atoms with Crippen LogP contribution in [0.5, 0.6) is 0 Å². The number of carbonyl (C=O) groups is 1. The molecule has 0 aromatic heterocycles. The van der Waals surface area contributed by atoms with Crippen molar-refractivity contribution >= 4 is 5.97 Å². The molecular weight excluding hydrogens is 164 g/mol. The average Bonchev–Trinajstić information content (AvgIpc) is 2.18. The highest BCUT2D eigenvalue weighted by molar-refractivity contribution is 5.81. The lowest BCUT2D eigenvalue weighted by molar-refractivity contribution is -0.137. The summed E-state index contributed by atoms with van der Waals surface area (Å²) in [6.07, 6.45) is 6.57. The fourth-order valence-corrected chi connectivity index (χ4v) is 0.883. The zero-order valence-corrected chi connectivity index (χ0v) is 7.87. The summed E-state index contributed by atoms with van der Waals surface area (Å²) in [4.78, 5) is 10.6. The van der Waals surface area contributed by atoms with Crippen LogP contribution >= 0.6 is 0 Å². The summed E-state index contributed by atoms with van der Waals surface area (Å²) in [5, 5.41) is 0. The van der Waals surface area contributed by atoms with E-state index in [1.165, 1.54) is 6.08 Å². The Hall–Kier alpha value is -1.31. The highest BCUT2D eigenvalue weighted by atomic mass is 16.5. The zero-order chi connectivity index (χ0) is 10.1. The molecule has 0 aliphatic rings. The Kier molecular flexibility index (Phi) is 6.60. The third kappa shape index (κ3) is 5.91. The van der Waals surface area contributed by atoms with Crippen molar-refractivity contribution in [2.45, 2.75) is 12.8 Å². The molecule has 0 rings (SSSR count). The summed E-state index contributed by atoms with van der Waals surface area (Å²) in [6.45, 7) is 11.1. The molecule has 0 saturated carbocycles. The predicted octanol–water partition coefficient (Wildman–Crippen LogP) is 2.48. The van der Waals surface area contributed by atoms with Gasteiger partial charge in [-0.15, -0.1) is 13.2 Å². The highest BCUT2D eigenvalue weighted by Gasteiger charge is 1.99. The first-order valence-corrected chi connectivity index (χ1v) is 4.29. The largest absolute Gasteiger partial charge is 0.463 e. The van der Waals surface area contributed by atoms with E-state index in [1.807, 2.05) is 12.2 Å². The summed E-state index contributed by atoms with van der Waals surface area (Å²) < 4.78 is 4.80. The number of carbonyl (C=O) groups excluding carboxylic acids is 1. The van der Waals surface area contributed by atoms with Crippen LogP contribution in [0.1, 0.15) is 12.8 Å². The standard InChI is InChI=1S/C11H16O2/c1-4-10(5-2)8-7-9-13-11(12)6-3/h4-6,10H,1-3,7-9H2. The first kappa shape index (κ1) is 11.7. The van der Waals surface area contributed by atoms with E-state index in [2.05, 4.69) is 19.7 Å². The molecule has 0 aromatic rings. The molecule has 2 heteroatoms. The summed E-state index contributed by atoms with van der Waals surface area (Å²) >= 11 is 0. The lowest BCUT2D eigenvalue weighted by Gasteiger charge is -2.06. The Bertz CT molecular complexity index is 186. The lowest BCUT2D eigenvalue weighted by Crippen LogP contribution is -2.03. The van der Waals surface area contributed by atoms with Gasteiger partial charge >= 0.3 is 5.97 Å². The van der Waals surface area contributed by atoms with Crippen molar-refractivity contribution in [3.8, 4) is 0 Å². The minimum absolute atomic E-state index is 0.308. The second-order valence-electron chi connectivity index (χ2n) is 2.65. The molecule has 0 bridgehead atoms. The molecule has 0 radical (unpaired) electrons. The van der Waals surface area contributed by atoms with Gasteiger partial charge in [-0.1, -0.05) is 18.7 Å². The van der Waals surface area contributed by atoms with E-state index in [4.69, 9.17) is 4.74 Å². The second kappa shape index (κ2) is 7.35. The van der Waals surface area contributed by atoms with Crippen LogP contribution in [0.15, 0.2) is 38.0 Å². The SMILES string of the molecule is C=CC(=O)OCCCC(C=C)C=C. The van der Waals surface area contributed by atoms with Crippen LogP contribution in [0.25, 0.3) is 0 Å². The van der Waals surface area contributed by atoms with Gasteiger partial charge in [-0.05, 0) is 18.8 Å². The van der Waals surface area contributed by atoms with Gasteiger partial charge < -0.3 is 4.74 Å². The number of allylic oxidation sites excluding steroid dienone is 2. The van der Waals surface area contributed by atoms with E-state index in [0.717, 1.165) is 12.8 Å². The van der Waals surface area contributed by atoms with Gasteiger partial charge in [-0.2, -0.15) is 0 Å². The number of hydrogen-bond donors (Lipinski definition) is 0. The van der Waals surface area contributed by atoms with Crippen LogP contribution in [-0.4, -0.2) is 12.6 Å². The number of hydrogen-bond acceptors (Lipinski definition) is 2. The molecule has 0 amide bonds. The fourth-order valence-electron chi connectivity index (χ4n) is 0.883. The Morgan fingerprint density at radius 3 is 2.38 bits per heavy atom. The van der Waals surface area contributed by atoms with Gasteiger partial charge in [0.2, 0.25) is 0 Å². The second-order valence-corrected chi connectivity index (χ2v) is 2.65. The van der Waals surface area contributed by atoms with Gasteiger partial charge in [0, 0.05) is 6.08 Å². The van der Waals surface area contributed by atoms with Crippen molar-refractivity contribution in [2.24, 2.45) is 5.92 Å². The van der Waals surface area contributed by atoms with E-state index in [1.54, 1.807) is 0 Å². The van der Waals surface area contributed by atoms with Crippen molar-refractivity contribution in [1.29, 1.82) is 0 Å². The smallest absolute Gasteiger partial charge is 0.330 e. The van der Waals surface area contributed by atoms with Crippen molar-refractivity contribution in [3.63, 3.8) is 0 Å². The van der Waals surface area contributed by atoms with Gasteiger partial charge in [0.05, 0.1) is 6.61 Å². The van der Waals surface area contributed by atoms with Crippen LogP contribution in [0.4, 0.5) is 0 Å². The molecule has 0 spiro atoms. The topological polar surface area (TPSA) is 26.3 Å². The summed E-state index contributed by atoms with van der Waals surface area (Å²) in [5.41, 5.74) is 0. The van der Waals surface area contributed by atoms with Crippen LogP contribution in [0.2, 0.25) is 0 Å².